The van der Waals surface area contributed by atoms with Gasteiger partial charge in [0.2, 0.25) is 0 Å². The quantitative estimate of drug-likeness (QED) is 0.472. The number of rotatable bonds is 7. The van der Waals surface area contributed by atoms with Crippen molar-refractivity contribution in [3.05, 3.63) is 82.4 Å². The number of carbonyl (C=O) groups is 1. The summed E-state index contributed by atoms with van der Waals surface area (Å²) >= 11 is 6.14. The van der Waals surface area contributed by atoms with Gasteiger partial charge in [-0.25, -0.2) is 8.42 Å². The molecule has 1 heterocycles. The van der Waals surface area contributed by atoms with Crippen molar-refractivity contribution in [2.75, 3.05) is 24.0 Å². The van der Waals surface area contributed by atoms with Gasteiger partial charge in [0.25, 0.3) is 15.9 Å². The van der Waals surface area contributed by atoms with Crippen molar-refractivity contribution in [1.29, 1.82) is 0 Å². The molecule has 0 bridgehead atoms. The van der Waals surface area contributed by atoms with E-state index < -0.39 is 22.0 Å². The van der Waals surface area contributed by atoms with Gasteiger partial charge in [-0.15, -0.1) is 0 Å². The summed E-state index contributed by atoms with van der Waals surface area (Å²) in [5.41, 5.74) is 3.53. The molecule has 3 aromatic carbocycles. The molecular formula is C26H27ClN2O5S. The maximum atomic E-state index is 13.5. The Bertz CT molecular complexity index is 1340. The number of nitrogens with one attached hydrogen (secondary N) is 1. The number of hydrogen-bond donors (Lipinski definition) is 1. The van der Waals surface area contributed by atoms with E-state index in [0.29, 0.717) is 10.7 Å². The molecule has 1 N–H and O–H groups in total. The molecule has 1 amide bonds. The average Bonchev–Trinajstić information content (AvgIpc) is 2.83. The van der Waals surface area contributed by atoms with Crippen molar-refractivity contribution in [3.63, 3.8) is 0 Å². The molecule has 0 fully saturated rings. The molecule has 0 aromatic heterocycles. The highest BCUT2D eigenvalue weighted by Crippen LogP contribution is 2.38. The van der Waals surface area contributed by atoms with E-state index in [2.05, 4.69) is 5.32 Å². The number of amides is 1. The van der Waals surface area contributed by atoms with E-state index in [9.17, 15) is 13.2 Å². The van der Waals surface area contributed by atoms with Crippen LogP contribution >= 0.6 is 11.6 Å². The van der Waals surface area contributed by atoms with Crippen LogP contribution in [0, 0.1) is 20.8 Å². The van der Waals surface area contributed by atoms with E-state index >= 15 is 0 Å². The van der Waals surface area contributed by atoms with Crippen molar-refractivity contribution >= 4 is 33.2 Å². The Kier molecular flexibility index (Phi) is 7.23. The van der Waals surface area contributed by atoms with E-state index in [4.69, 9.17) is 21.1 Å². The Morgan fingerprint density at radius 2 is 1.80 bits per heavy atom. The molecule has 3 aromatic rings. The van der Waals surface area contributed by atoms with Gasteiger partial charge >= 0.3 is 0 Å². The minimum Gasteiger partial charge on any atom is -0.492 e. The summed E-state index contributed by atoms with van der Waals surface area (Å²) in [5.74, 6) is 0.554. The summed E-state index contributed by atoms with van der Waals surface area (Å²) < 4.78 is 39.7. The fraction of sp³-hybridized carbons (Fsp3) is 0.269. The zero-order chi connectivity index (χ0) is 25.2. The highest BCUT2D eigenvalue weighted by Gasteiger charge is 2.37. The molecule has 1 atom stereocenters. The highest BCUT2D eigenvalue weighted by atomic mass is 35.5. The number of halogens is 1. The summed E-state index contributed by atoms with van der Waals surface area (Å²) in [6.07, 6.45) is -1.04. The largest absolute Gasteiger partial charge is 0.492 e. The Labute approximate surface area is 210 Å². The summed E-state index contributed by atoms with van der Waals surface area (Å²) in [7, 11) is -3.95. The summed E-state index contributed by atoms with van der Waals surface area (Å²) in [6.45, 7) is 6.23. The molecule has 35 heavy (non-hydrogen) atoms. The standard InChI is InChI=1S/C26H27ClN2O5S/c1-17-4-9-22(10-5-17)35(31,32)29-16-25(34-24-11-7-20(27)15-23(24)29)26(30)28-12-13-33-21-8-6-18(2)19(3)14-21/h4-11,14-15,25H,12-13,16H2,1-3H3,(H,28,30)/t25-/m0/s1. The average molecular weight is 515 g/mol. The zero-order valence-electron chi connectivity index (χ0n) is 19.7. The van der Waals surface area contributed by atoms with Gasteiger partial charge in [-0.3, -0.25) is 9.10 Å². The number of fused-ring (bicyclic) bond motifs is 1. The molecule has 0 unspecified atom stereocenters. The van der Waals surface area contributed by atoms with Crippen LogP contribution in [0.15, 0.2) is 65.6 Å². The lowest BCUT2D eigenvalue weighted by molar-refractivity contribution is -0.127. The van der Waals surface area contributed by atoms with Gasteiger partial charge in [-0.05, 0) is 74.4 Å². The summed E-state index contributed by atoms with van der Waals surface area (Å²) in [4.78, 5) is 13.0. The molecule has 0 spiro atoms. The maximum absolute atomic E-state index is 13.5. The Balaban J connectivity index is 1.48. The number of nitrogens with zero attached hydrogens (tertiary/aromatic N) is 1. The number of benzene rings is 3. The molecule has 1 aliphatic rings. The summed E-state index contributed by atoms with van der Waals surface area (Å²) in [5, 5.41) is 3.14. The minimum atomic E-state index is -3.95. The van der Waals surface area contributed by atoms with Crippen LogP contribution in [0.1, 0.15) is 16.7 Å². The third-order valence-electron chi connectivity index (χ3n) is 5.84. The second kappa shape index (κ2) is 10.2. The van der Waals surface area contributed by atoms with Crippen LogP contribution in [-0.2, 0) is 14.8 Å². The fourth-order valence-corrected chi connectivity index (χ4v) is 5.32. The predicted octanol–water partition coefficient (Wildman–Crippen LogP) is 4.42. The number of ether oxygens (including phenoxy) is 2. The van der Waals surface area contributed by atoms with Crippen molar-refractivity contribution in [1.82, 2.24) is 5.32 Å². The Morgan fingerprint density at radius 3 is 2.51 bits per heavy atom. The van der Waals surface area contributed by atoms with Crippen molar-refractivity contribution in [2.24, 2.45) is 0 Å². The van der Waals surface area contributed by atoms with Gasteiger partial charge in [0.05, 0.1) is 23.7 Å². The van der Waals surface area contributed by atoms with Crippen LogP contribution in [0.4, 0.5) is 5.69 Å². The van der Waals surface area contributed by atoms with Crippen LogP contribution in [0.3, 0.4) is 0 Å². The Morgan fingerprint density at radius 1 is 1.06 bits per heavy atom. The molecule has 0 aliphatic carbocycles. The van der Waals surface area contributed by atoms with E-state index in [0.717, 1.165) is 16.9 Å². The second-order valence-corrected chi connectivity index (χ2v) is 10.8. The fourth-order valence-electron chi connectivity index (χ4n) is 3.69. The number of hydrogen-bond acceptors (Lipinski definition) is 5. The second-order valence-electron chi connectivity index (χ2n) is 8.45. The van der Waals surface area contributed by atoms with Gasteiger partial charge in [0.15, 0.2) is 6.10 Å². The van der Waals surface area contributed by atoms with Crippen LogP contribution < -0.4 is 19.1 Å². The van der Waals surface area contributed by atoms with Crippen molar-refractivity contribution in [3.8, 4) is 11.5 Å². The van der Waals surface area contributed by atoms with Crippen molar-refractivity contribution < 1.29 is 22.7 Å². The van der Waals surface area contributed by atoms with Crippen LogP contribution in [-0.4, -0.2) is 40.1 Å². The van der Waals surface area contributed by atoms with Gasteiger partial charge in [-0.2, -0.15) is 0 Å². The molecule has 0 saturated carbocycles. The molecule has 4 rings (SSSR count). The molecular weight excluding hydrogens is 488 g/mol. The van der Waals surface area contributed by atoms with E-state index in [1.165, 1.54) is 15.9 Å². The molecule has 0 saturated heterocycles. The number of sulfonamides is 1. The van der Waals surface area contributed by atoms with Gasteiger partial charge < -0.3 is 14.8 Å². The van der Waals surface area contributed by atoms with Gasteiger partial charge in [-0.1, -0.05) is 35.4 Å². The van der Waals surface area contributed by atoms with Gasteiger partial charge in [0.1, 0.15) is 18.1 Å². The highest BCUT2D eigenvalue weighted by molar-refractivity contribution is 7.92. The van der Waals surface area contributed by atoms with Gasteiger partial charge in [0, 0.05) is 5.02 Å². The molecule has 184 valence electrons. The lowest BCUT2D eigenvalue weighted by atomic mass is 10.1. The topological polar surface area (TPSA) is 84.9 Å². The first-order chi connectivity index (χ1) is 16.6. The number of aryl methyl sites for hydroxylation is 3. The van der Waals surface area contributed by atoms with Crippen LogP contribution in [0.5, 0.6) is 11.5 Å². The third kappa shape index (κ3) is 5.55. The molecule has 7 nitrogen and oxygen atoms in total. The maximum Gasteiger partial charge on any atom is 0.264 e. The predicted molar refractivity (Wildman–Crippen MR) is 136 cm³/mol. The monoisotopic (exact) mass is 514 g/mol. The normalized spacial score (nSPS) is 15.2. The first-order valence-corrected chi connectivity index (χ1v) is 13.0. The number of carbonyl (C=O) groups excluding carboxylic acids is 1. The lowest BCUT2D eigenvalue weighted by Crippen LogP contribution is -2.51. The van der Waals surface area contributed by atoms with Crippen molar-refractivity contribution in [2.45, 2.75) is 31.8 Å². The van der Waals surface area contributed by atoms with Crippen LogP contribution in [0.2, 0.25) is 5.02 Å². The third-order valence-corrected chi connectivity index (χ3v) is 7.87. The first kappa shape index (κ1) is 24.9. The molecule has 0 radical (unpaired) electrons. The molecule has 9 heteroatoms. The van der Waals surface area contributed by atoms with E-state index in [1.54, 1.807) is 36.4 Å². The smallest absolute Gasteiger partial charge is 0.264 e. The minimum absolute atomic E-state index is 0.122. The summed E-state index contributed by atoms with van der Waals surface area (Å²) in [6, 6.07) is 17.0. The van der Waals surface area contributed by atoms with Crippen LogP contribution in [0.25, 0.3) is 0 Å². The lowest BCUT2D eigenvalue weighted by Gasteiger charge is -2.34. The number of anilines is 1. The van der Waals surface area contributed by atoms with E-state index in [1.807, 2.05) is 39.0 Å². The first-order valence-electron chi connectivity index (χ1n) is 11.2. The molecule has 1 aliphatic heterocycles. The Hall–Kier alpha value is -3.23. The van der Waals surface area contributed by atoms with E-state index in [-0.39, 0.29) is 30.3 Å². The zero-order valence-corrected chi connectivity index (χ0v) is 21.3. The SMILES string of the molecule is Cc1ccc(S(=O)(=O)N2C[C@@H](C(=O)NCCOc3ccc(C)c(C)c3)Oc3ccc(Cl)cc32)cc1.